The third-order valence-electron chi connectivity index (χ3n) is 2.34. The number of nitrogens with zero attached hydrogens (tertiary/aromatic N) is 2. The van der Waals surface area contributed by atoms with Crippen LogP contribution >= 0.6 is 11.6 Å². The molecule has 0 saturated heterocycles. The molecule has 8 nitrogen and oxygen atoms in total. The van der Waals surface area contributed by atoms with Crippen LogP contribution in [0.2, 0.25) is 5.02 Å². The van der Waals surface area contributed by atoms with Crippen LogP contribution in [0.3, 0.4) is 0 Å². The van der Waals surface area contributed by atoms with Gasteiger partial charge in [-0.15, -0.1) is 0 Å². The number of carbonyl (C=O) groups excluding carboxylic acids is 2. The van der Waals surface area contributed by atoms with E-state index < -0.39 is 11.9 Å². The van der Waals surface area contributed by atoms with Crippen LogP contribution in [-0.4, -0.2) is 28.7 Å². The van der Waals surface area contributed by atoms with E-state index in [1.165, 1.54) is 0 Å². The van der Waals surface area contributed by atoms with E-state index in [-0.39, 0.29) is 24.9 Å². The molecule has 2 aromatic rings. The van der Waals surface area contributed by atoms with Gasteiger partial charge in [0.05, 0.1) is 11.4 Å². The Kier molecular flexibility index (Phi) is 4.72. The number of hydrogen-bond acceptors (Lipinski definition) is 6. The number of amides is 3. The highest BCUT2D eigenvalue weighted by Crippen LogP contribution is 2.26. The molecule has 110 valence electrons. The SMILES string of the molecule is NC(=O)NC(=O)CCOc1nc(-c2ccccc2Cl)no1. The van der Waals surface area contributed by atoms with Crippen molar-refractivity contribution in [3.8, 4) is 17.5 Å². The van der Waals surface area contributed by atoms with Gasteiger partial charge in [0, 0.05) is 5.56 Å². The van der Waals surface area contributed by atoms with Crippen molar-refractivity contribution in [3.63, 3.8) is 0 Å². The lowest BCUT2D eigenvalue weighted by Gasteiger charge is -2.00. The Morgan fingerprint density at radius 3 is 2.86 bits per heavy atom. The van der Waals surface area contributed by atoms with Gasteiger partial charge in [-0.05, 0) is 12.1 Å². The molecule has 0 spiro atoms. The summed E-state index contributed by atoms with van der Waals surface area (Å²) in [5.74, 6) is -0.287. The molecular formula is C12H11ClN4O4. The molecule has 0 fully saturated rings. The number of urea groups is 1. The first-order valence-electron chi connectivity index (χ1n) is 5.87. The number of hydrogen-bond donors (Lipinski definition) is 2. The van der Waals surface area contributed by atoms with Crippen LogP contribution in [0, 0.1) is 0 Å². The molecule has 3 amide bonds. The molecule has 0 atom stereocenters. The monoisotopic (exact) mass is 310 g/mol. The number of primary amides is 1. The first-order valence-corrected chi connectivity index (χ1v) is 6.25. The molecule has 1 aromatic heterocycles. The average Bonchev–Trinajstić information content (AvgIpc) is 2.87. The molecule has 0 bridgehead atoms. The van der Waals surface area contributed by atoms with Crippen LogP contribution in [0.15, 0.2) is 28.8 Å². The molecule has 0 unspecified atom stereocenters. The zero-order chi connectivity index (χ0) is 15.2. The lowest BCUT2D eigenvalue weighted by Crippen LogP contribution is -2.35. The van der Waals surface area contributed by atoms with E-state index in [1.807, 2.05) is 5.32 Å². The van der Waals surface area contributed by atoms with Crippen LogP contribution in [-0.2, 0) is 4.79 Å². The van der Waals surface area contributed by atoms with Gasteiger partial charge in [0.15, 0.2) is 0 Å². The van der Waals surface area contributed by atoms with Gasteiger partial charge >= 0.3 is 12.1 Å². The normalized spacial score (nSPS) is 10.1. The average molecular weight is 311 g/mol. The van der Waals surface area contributed by atoms with Crippen LogP contribution < -0.4 is 15.8 Å². The number of ether oxygens (including phenoxy) is 1. The Balaban J connectivity index is 1.91. The van der Waals surface area contributed by atoms with E-state index >= 15 is 0 Å². The number of aromatic nitrogens is 2. The Bertz CT molecular complexity index is 658. The highest BCUT2D eigenvalue weighted by molar-refractivity contribution is 6.33. The fraction of sp³-hybridized carbons (Fsp3) is 0.167. The fourth-order valence-electron chi connectivity index (χ4n) is 1.45. The van der Waals surface area contributed by atoms with Crippen LogP contribution in [0.1, 0.15) is 6.42 Å². The number of benzene rings is 1. The minimum Gasteiger partial charge on any atom is -0.448 e. The molecule has 9 heteroatoms. The molecule has 1 aromatic carbocycles. The molecule has 0 saturated carbocycles. The molecule has 0 aliphatic heterocycles. The van der Waals surface area contributed by atoms with Crippen LogP contribution in [0.25, 0.3) is 11.4 Å². The number of rotatable bonds is 5. The van der Waals surface area contributed by atoms with Gasteiger partial charge in [-0.2, -0.15) is 4.98 Å². The van der Waals surface area contributed by atoms with E-state index in [1.54, 1.807) is 24.3 Å². The van der Waals surface area contributed by atoms with E-state index in [4.69, 9.17) is 26.6 Å². The summed E-state index contributed by atoms with van der Waals surface area (Å²) in [6, 6.07) is 6.07. The van der Waals surface area contributed by atoms with Gasteiger partial charge in [0.25, 0.3) is 0 Å². The highest BCUT2D eigenvalue weighted by atomic mass is 35.5. The van der Waals surface area contributed by atoms with Gasteiger partial charge in [-0.1, -0.05) is 28.9 Å². The maximum absolute atomic E-state index is 11.1. The van der Waals surface area contributed by atoms with E-state index in [2.05, 4.69) is 10.1 Å². The summed E-state index contributed by atoms with van der Waals surface area (Å²) in [5, 5.41) is 6.10. The lowest BCUT2D eigenvalue weighted by molar-refractivity contribution is -0.120. The van der Waals surface area contributed by atoms with E-state index in [0.717, 1.165) is 0 Å². The van der Waals surface area contributed by atoms with Crippen LogP contribution in [0.4, 0.5) is 4.79 Å². The first-order chi connectivity index (χ1) is 10.1. The zero-order valence-electron chi connectivity index (χ0n) is 10.7. The molecule has 2 rings (SSSR count). The lowest BCUT2D eigenvalue weighted by atomic mass is 10.2. The number of carbonyl (C=O) groups is 2. The second-order valence-corrected chi connectivity index (χ2v) is 4.28. The van der Waals surface area contributed by atoms with Gasteiger partial charge in [0.1, 0.15) is 6.61 Å². The second kappa shape index (κ2) is 6.71. The van der Waals surface area contributed by atoms with Gasteiger partial charge in [-0.3, -0.25) is 14.6 Å². The second-order valence-electron chi connectivity index (χ2n) is 3.87. The molecule has 3 N–H and O–H groups in total. The summed E-state index contributed by atoms with van der Waals surface area (Å²) in [6.45, 7) is -0.0384. The van der Waals surface area contributed by atoms with Gasteiger partial charge < -0.3 is 10.5 Å². The van der Waals surface area contributed by atoms with Crippen LogP contribution in [0.5, 0.6) is 6.08 Å². The first kappa shape index (κ1) is 14.8. The predicted octanol–water partition coefficient (Wildman–Crippen LogP) is 1.35. The summed E-state index contributed by atoms with van der Waals surface area (Å²) in [7, 11) is 0. The molecule has 0 aliphatic carbocycles. The van der Waals surface area contributed by atoms with E-state index in [0.29, 0.717) is 10.6 Å². The minimum absolute atomic E-state index is 0.0384. The van der Waals surface area contributed by atoms with Crippen molar-refractivity contribution in [1.29, 1.82) is 0 Å². The van der Waals surface area contributed by atoms with Crippen molar-refractivity contribution in [3.05, 3.63) is 29.3 Å². The Morgan fingerprint density at radius 1 is 1.38 bits per heavy atom. The third kappa shape index (κ3) is 4.18. The number of nitrogens with two attached hydrogens (primary N) is 1. The smallest absolute Gasteiger partial charge is 0.417 e. The standard InChI is InChI=1S/C12H11ClN4O4/c13-8-4-2-1-3-7(8)10-16-12(21-17-10)20-6-5-9(18)15-11(14)19/h1-4H,5-6H2,(H3,14,15,18,19). The molecule has 0 aliphatic rings. The number of imide groups is 1. The minimum atomic E-state index is -0.918. The van der Waals surface area contributed by atoms with Crippen molar-refractivity contribution in [2.24, 2.45) is 5.73 Å². The number of halogens is 1. The van der Waals surface area contributed by atoms with Gasteiger partial charge in [0.2, 0.25) is 11.7 Å². The molecule has 21 heavy (non-hydrogen) atoms. The summed E-state index contributed by atoms with van der Waals surface area (Å²) in [6.07, 6.45) is -0.177. The van der Waals surface area contributed by atoms with Crippen molar-refractivity contribution in [2.45, 2.75) is 6.42 Å². The van der Waals surface area contributed by atoms with Crippen molar-refractivity contribution in [2.75, 3.05) is 6.61 Å². The van der Waals surface area contributed by atoms with Crippen molar-refractivity contribution in [1.82, 2.24) is 15.5 Å². The topological polar surface area (TPSA) is 120 Å². The summed E-state index contributed by atoms with van der Waals surface area (Å²) in [4.78, 5) is 25.6. The van der Waals surface area contributed by atoms with E-state index in [9.17, 15) is 9.59 Å². The van der Waals surface area contributed by atoms with Crippen molar-refractivity contribution >= 4 is 23.5 Å². The Hall–Kier alpha value is -2.61. The largest absolute Gasteiger partial charge is 0.448 e. The van der Waals surface area contributed by atoms with Crippen molar-refractivity contribution < 1.29 is 18.8 Å². The fourth-order valence-corrected chi connectivity index (χ4v) is 1.67. The molecular weight excluding hydrogens is 300 g/mol. The number of nitrogens with one attached hydrogen (secondary N) is 1. The van der Waals surface area contributed by atoms with Gasteiger partial charge in [-0.25, -0.2) is 4.79 Å². The maximum Gasteiger partial charge on any atom is 0.417 e. The summed E-state index contributed by atoms with van der Waals surface area (Å²) < 4.78 is 9.98. The Morgan fingerprint density at radius 2 is 2.14 bits per heavy atom. The molecule has 0 radical (unpaired) electrons. The molecule has 1 heterocycles. The summed E-state index contributed by atoms with van der Waals surface area (Å²) >= 11 is 6.00. The maximum atomic E-state index is 11.1. The predicted molar refractivity (Wildman–Crippen MR) is 72.6 cm³/mol. The third-order valence-corrected chi connectivity index (χ3v) is 2.67. The zero-order valence-corrected chi connectivity index (χ0v) is 11.5. The quantitative estimate of drug-likeness (QED) is 0.860. The summed E-state index contributed by atoms with van der Waals surface area (Å²) in [5.41, 5.74) is 5.39. The highest BCUT2D eigenvalue weighted by Gasteiger charge is 2.12. The Labute approximate surface area is 124 Å².